The van der Waals surface area contributed by atoms with E-state index < -0.39 is 6.03 Å². The smallest absolute Gasteiger partial charge is 0.312 e. The predicted molar refractivity (Wildman–Crippen MR) is 75.3 cm³/mol. The monoisotopic (exact) mass is 273 g/mol. The van der Waals surface area contributed by atoms with Crippen molar-refractivity contribution >= 4 is 11.9 Å². The summed E-state index contributed by atoms with van der Waals surface area (Å²) in [6.45, 7) is 3.58. The van der Waals surface area contributed by atoms with Crippen LogP contribution in [-0.2, 0) is 0 Å². The van der Waals surface area contributed by atoms with Crippen molar-refractivity contribution in [3.05, 3.63) is 35.4 Å². The van der Waals surface area contributed by atoms with Crippen molar-refractivity contribution in [3.63, 3.8) is 0 Å². The van der Waals surface area contributed by atoms with Crippen LogP contribution >= 0.6 is 0 Å². The zero-order valence-electron chi connectivity index (χ0n) is 11.6. The van der Waals surface area contributed by atoms with Crippen molar-refractivity contribution < 1.29 is 9.59 Å². The molecule has 1 aliphatic heterocycles. The highest BCUT2D eigenvalue weighted by molar-refractivity contribution is 5.95. The lowest BCUT2D eigenvalue weighted by Gasteiger charge is -2.58. The van der Waals surface area contributed by atoms with Crippen molar-refractivity contribution in [2.45, 2.75) is 25.8 Å². The van der Waals surface area contributed by atoms with Gasteiger partial charge in [-0.2, -0.15) is 0 Å². The van der Waals surface area contributed by atoms with Crippen LogP contribution in [0.2, 0.25) is 0 Å². The van der Waals surface area contributed by atoms with Gasteiger partial charge in [-0.05, 0) is 31.9 Å². The van der Waals surface area contributed by atoms with Crippen LogP contribution < -0.4 is 11.1 Å². The SMILES string of the molecule is Cc1ccc(C(=O)N2CC3(CC(NC(N)=O)C3)C2)cc1. The standard InChI is InChI=1S/C15H19N3O2/c1-10-2-4-11(5-3-10)13(19)18-8-15(9-18)6-12(7-15)17-14(16)20/h2-5,12H,6-9H2,1H3,(H3,16,17,20). The van der Waals surface area contributed by atoms with Crippen molar-refractivity contribution in [2.24, 2.45) is 11.1 Å². The van der Waals surface area contributed by atoms with Gasteiger partial charge in [0.1, 0.15) is 0 Å². The van der Waals surface area contributed by atoms with Gasteiger partial charge < -0.3 is 16.0 Å². The second-order valence-electron chi connectivity index (χ2n) is 6.14. The molecule has 1 aliphatic carbocycles. The number of primary amides is 1. The summed E-state index contributed by atoms with van der Waals surface area (Å²) in [7, 11) is 0. The Hall–Kier alpha value is -2.04. The summed E-state index contributed by atoms with van der Waals surface area (Å²) in [6, 6.07) is 7.39. The van der Waals surface area contributed by atoms with Gasteiger partial charge in [-0.15, -0.1) is 0 Å². The minimum absolute atomic E-state index is 0.0990. The van der Waals surface area contributed by atoms with E-state index in [-0.39, 0.29) is 17.4 Å². The lowest BCUT2D eigenvalue weighted by atomic mass is 9.60. The number of benzene rings is 1. The Morgan fingerprint density at radius 3 is 2.40 bits per heavy atom. The number of nitrogens with zero attached hydrogens (tertiary/aromatic N) is 1. The lowest BCUT2D eigenvalue weighted by Crippen LogP contribution is -2.67. The fourth-order valence-corrected chi connectivity index (χ4v) is 3.33. The molecular weight excluding hydrogens is 254 g/mol. The molecule has 1 aromatic rings. The number of aryl methyl sites for hydroxylation is 1. The molecule has 5 heteroatoms. The van der Waals surface area contributed by atoms with Crippen LogP contribution in [0.15, 0.2) is 24.3 Å². The fraction of sp³-hybridized carbons (Fsp3) is 0.467. The van der Waals surface area contributed by atoms with Gasteiger partial charge >= 0.3 is 6.03 Å². The maximum Gasteiger partial charge on any atom is 0.312 e. The van der Waals surface area contributed by atoms with E-state index in [0.29, 0.717) is 0 Å². The van der Waals surface area contributed by atoms with Crippen LogP contribution in [0, 0.1) is 12.3 Å². The molecule has 0 bridgehead atoms. The molecule has 1 spiro atoms. The number of rotatable bonds is 2. The largest absolute Gasteiger partial charge is 0.352 e. The van der Waals surface area contributed by atoms with Gasteiger partial charge in [0, 0.05) is 30.1 Å². The molecule has 2 aliphatic rings. The van der Waals surface area contributed by atoms with Gasteiger partial charge in [0.25, 0.3) is 5.91 Å². The molecule has 1 saturated carbocycles. The number of likely N-dealkylation sites (tertiary alicyclic amines) is 1. The molecule has 5 nitrogen and oxygen atoms in total. The first-order valence-corrected chi connectivity index (χ1v) is 6.89. The number of nitrogens with two attached hydrogens (primary N) is 1. The quantitative estimate of drug-likeness (QED) is 0.851. The Balaban J connectivity index is 1.52. The van der Waals surface area contributed by atoms with E-state index in [9.17, 15) is 9.59 Å². The number of hydrogen-bond acceptors (Lipinski definition) is 2. The van der Waals surface area contributed by atoms with E-state index in [2.05, 4.69) is 5.32 Å². The minimum atomic E-state index is -0.461. The third-order valence-electron chi connectivity index (χ3n) is 4.34. The van der Waals surface area contributed by atoms with E-state index in [4.69, 9.17) is 5.73 Å². The van der Waals surface area contributed by atoms with Gasteiger partial charge in [0.05, 0.1) is 0 Å². The van der Waals surface area contributed by atoms with Crippen LogP contribution in [0.1, 0.15) is 28.8 Å². The molecule has 3 N–H and O–H groups in total. The number of amides is 3. The van der Waals surface area contributed by atoms with Crippen LogP contribution in [0.3, 0.4) is 0 Å². The second kappa shape index (κ2) is 4.51. The summed E-state index contributed by atoms with van der Waals surface area (Å²) in [4.78, 5) is 24.9. The van der Waals surface area contributed by atoms with Gasteiger partial charge in [-0.25, -0.2) is 4.79 Å². The average Bonchev–Trinajstić information content (AvgIpc) is 2.30. The van der Waals surface area contributed by atoms with Crippen LogP contribution in [0.5, 0.6) is 0 Å². The summed E-state index contributed by atoms with van der Waals surface area (Å²) in [5, 5.41) is 2.72. The van der Waals surface area contributed by atoms with Crippen molar-refractivity contribution in [3.8, 4) is 0 Å². The number of carbonyl (C=O) groups is 2. The molecular formula is C15H19N3O2. The molecule has 1 aromatic carbocycles. The summed E-state index contributed by atoms with van der Waals surface area (Å²) in [5.74, 6) is 0.0990. The zero-order chi connectivity index (χ0) is 14.3. The molecule has 2 fully saturated rings. The van der Waals surface area contributed by atoms with Crippen molar-refractivity contribution in [1.82, 2.24) is 10.2 Å². The van der Waals surface area contributed by atoms with Crippen molar-refractivity contribution in [1.29, 1.82) is 0 Å². The van der Waals surface area contributed by atoms with Crippen molar-refractivity contribution in [2.75, 3.05) is 13.1 Å². The number of urea groups is 1. The van der Waals surface area contributed by atoms with E-state index in [1.54, 1.807) is 0 Å². The van der Waals surface area contributed by atoms with Crippen LogP contribution in [-0.4, -0.2) is 36.0 Å². The molecule has 3 amide bonds. The predicted octanol–water partition coefficient (Wildman–Crippen LogP) is 1.27. The molecule has 1 heterocycles. The highest BCUT2D eigenvalue weighted by Gasteiger charge is 2.53. The van der Waals surface area contributed by atoms with Crippen LogP contribution in [0.25, 0.3) is 0 Å². The first kappa shape index (κ1) is 13.0. The Kier molecular flexibility index (Phi) is 2.92. The Morgan fingerprint density at radius 2 is 1.85 bits per heavy atom. The summed E-state index contributed by atoms with van der Waals surface area (Å²) < 4.78 is 0. The summed E-state index contributed by atoms with van der Waals surface area (Å²) >= 11 is 0. The van der Waals surface area contributed by atoms with E-state index in [0.717, 1.165) is 37.1 Å². The van der Waals surface area contributed by atoms with E-state index >= 15 is 0 Å². The molecule has 0 radical (unpaired) electrons. The first-order chi connectivity index (χ1) is 9.47. The molecule has 106 valence electrons. The molecule has 20 heavy (non-hydrogen) atoms. The molecule has 1 saturated heterocycles. The summed E-state index contributed by atoms with van der Waals surface area (Å²) in [6.07, 6.45) is 1.85. The van der Waals surface area contributed by atoms with Gasteiger partial charge in [-0.1, -0.05) is 17.7 Å². The topological polar surface area (TPSA) is 75.4 Å². The van der Waals surface area contributed by atoms with Crippen LogP contribution in [0.4, 0.5) is 4.79 Å². The second-order valence-corrected chi connectivity index (χ2v) is 6.14. The Morgan fingerprint density at radius 1 is 1.25 bits per heavy atom. The maximum atomic E-state index is 12.3. The van der Waals surface area contributed by atoms with E-state index in [1.165, 1.54) is 0 Å². The third-order valence-corrected chi connectivity index (χ3v) is 4.34. The van der Waals surface area contributed by atoms with E-state index in [1.807, 2.05) is 36.1 Å². The van der Waals surface area contributed by atoms with Gasteiger partial charge in [-0.3, -0.25) is 4.79 Å². The number of hydrogen-bond donors (Lipinski definition) is 2. The maximum absolute atomic E-state index is 12.3. The highest BCUT2D eigenvalue weighted by atomic mass is 16.2. The zero-order valence-corrected chi connectivity index (χ0v) is 11.6. The number of nitrogens with one attached hydrogen (secondary N) is 1. The summed E-state index contributed by atoms with van der Waals surface area (Å²) in [5.41, 5.74) is 7.22. The van der Waals surface area contributed by atoms with Gasteiger partial charge in [0.2, 0.25) is 0 Å². The lowest BCUT2D eigenvalue weighted by molar-refractivity contribution is -0.0583. The molecule has 3 rings (SSSR count). The fourth-order valence-electron chi connectivity index (χ4n) is 3.33. The highest BCUT2D eigenvalue weighted by Crippen LogP contribution is 2.48. The Labute approximate surface area is 118 Å². The normalized spacial score (nSPS) is 20.1. The molecule has 0 unspecified atom stereocenters. The molecule has 0 aromatic heterocycles. The van der Waals surface area contributed by atoms with Gasteiger partial charge in [0.15, 0.2) is 0 Å². The Bertz CT molecular complexity index is 539. The third kappa shape index (κ3) is 2.24. The average molecular weight is 273 g/mol. The molecule has 0 atom stereocenters. The first-order valence-electron chi connectivity index (χ1n) is 6.89. The minimum Gasteiger partial charge on any atom is -0.352 e. The number of carbonyl (C=O) groups excluding carboxylic acids is 2.